The second-order valence-corrected chi connectivity index (χ2v) is 9.98. The average molecular weight is 358 g/mol. The van der Waals surface area contributed by atoms with Crippen LogP contribution in [0.25, 0.3) is 0 Å². The van der Waals surface area contributed by atoms with Crippen molar-refractivity contribution in [3.05, 3.63) is 11.8 Å². The molecule has 0 spiro atoms. The van der Waals surface area contributed by atoms with Crippen molar-refractivity contribution in [1.29, 1.82) is 0 Å². The monoisotopic (exact) mass is 357 g/mol. The van der Waals surface area contributed by atoms with Crippen LogP contribution in [-0.2, 0) is 19.3 Å². The fourth-order valence-corrected chi connectivity index (χ4v) is 4.79. The Balaban J connectivity index is 2.07. The Morgan fingerprint density at radius 1 is 1.30 bits per heavy atom. The summed E-state index contributed by atoms with van der Waals surface area (Å²) >= 11 is 1.44. The normalized spacial score (nSPS) is 22.9. The number of thioether (sulfide) groups is 1. The maximum absolute atomic E-state index is 12.2. The largest absolute Gasteiger partial charge is 0.377 e. The first-order valence-corrected chi connectivity index (χ1v) is 10.8. The van der Waals surface area contributed by atoms with Gasteiger partial charge in [0.1, 0.15) is 10.6 Å². The number of nitrogens with zero attached hydrogens (tertiary/aromatic N) is 3. The molecule has 23 heavy (non-hydrogen) atoms. The molecule has 1 aliphatic heterocycles. The summed E-state index contributed by atoms with van der Waals surface area (Å²) in [7, 11) is -3.19. The van der Waals surface area contributed by atoms with Gasteiger partial charge in [0, 0.05) is 18.9 Å². The molecule has 0 amide bonds. The summed E-state index contributed by atoms with van der Waals surface area (Å²) in [5.74, 6) is 0.794. The van der Waals surface area contributed by atoms with Crippen LogP contribution in [0, 0.1) is 0 Å². The third-order valence-corrected chi connectivity index (χ3v) is 7.26. The number of rotatable bonds is 4. The minimum absolute atomic E-state index is 0.179. The van der Waals surface area contributed by atoms with Gasteiger partial charge in [0.2, 0.25) is 0 Å². The summed E-state index contributed by atoms with van der Waals surface area (Å²) in [5.41, 5.74) is 0.457. The van der Waals surface area contributed by atoms with Crippen molar-refractivity contribution in [2.75, 3.05) is 37.2 Å². The molecule has 2 aliphatic rings. The van der Waals surface area contributed by atoms with E-state index in [4.69, 9.17) is 4.74 Å². The van der Waals surface area contributed by atoms with Crippen LogP contribution in [0.2, 0.25) is 0 Å². The first-order chi connectivity index (χ1) is 10.7. The Bertz CT molecular complexity index is 715. The third kappa shape index (κ3) is 2.96. The van der Waals surface area contributed by atoms with E-state index in [9.17, 15) is 8.42 Å². The van der Waals surface area contributed by atoms with Gasteiger partial charge < -0.3 is 9.64 Å². The fraction of sp³-hybridized carbons (Fsp3) is 0.733. The predicted octanol–water partition coefficient (Wildman–Crippen LogP) is 1.85. The maximum atomic E-state index is 12.2. The quantitative estimate of drug-likeness (QED) is 0.601. The van der Waals surface area contributed by atoms with Crippen molar-refractivity contribution < 1.29 is 13.2 Å². The van der Waals surface area contributed by atoms with E-state index in [0.717, 1.165) is 12.4 Å². The molecule has 0 radical (unpaired) electrons. The Morgan fingerprint density at radius 3 is 2.52 bits per heavy atom. The molecular weight excluding hydrogens is 334 g/mol. The first kappa shape index (κ1) is 17.0. The number of ether oxygens (including phenoxy) is 1. The Kier molecular flexibility index (Phi) is 4.13. The van der Waals surface area contributed by atoms with Crippen molar-refractivity contribution in [1.82, 2.24) is 9.97 Å². The molecular formula is C15H23N3O3S2. The lowest BCUT2D eigenvalue weighted by molar-refractivity contribution is 0.0638. The van der Waals surface area contributed by atoms with Crippen molar-refractivity contribution in [3.8, 4) is 0 Å². The van der Waals surface area contributed by atoms with Gasteiger partial charge in [-0.05, 0) is 32.9 Å². The van der Waals surface area contributed by atoms with Crippen molar-refractivity contribution in [2.45, 2.75) is 42.1 Å². The van der Waals surface area contributed by atoms with Crippen molar-refractivity contribution in [3.63, 3.8) is 0 Å². The van der Waals surface area contributed by atoms with Gasteiger partial charge >= 0.3 is 0 Å². The highest BCUT2D eigenvalue weighted by molar-refractivity contribution is 7.98. The fourth-order valence-electron chi connectivity index (χ4n) is 3.09. The SMILES string of the molecule is CSc1nc(N2CCOCC2(C)C)cc(C2(S(C)(=O)=O)CC2)n1. The number of hydrogen-bond acceptors (Lipinski definition) is 7. The van der Waals surface area contributed by atoms with Crippen LogP contribution in [0.1, 0.15) is 32.4 Å². The lowest BCUT2D eigenvalue weighted by Crippen LogP contribution is -2.53. The molecule has 1 aromatic rings. The van der Waals surface area contributed by atoms with Crippen LogP contribution in [0.4, 0.5) is 5.82 Å². The Morgan fingerprint density at radius 2 is 2.00 bits per heavy atom. The Labute approximate surface area is 141 Å². The average Bonchev–Trinajstić information content (AvgIpc) is 3.27. The molecule has 1 saturated heterocycles. The number of anilines is 1. The lowest BCUT2D eigenvalue weighted by atomic mass is 10.0. The van der Waals surface area contributed by atoms with Crippen LogP contribution in [0.15, 0.2) is 11.2 Å². The lowest BCUT2D eigenvalue weighted by Gasteiger charge is -2.43. The van der Waals surface area contributed by atoms with E-state index in [0.29, 0.717) is 36.9 Å². The second kappa shape index (κ2) is 5.60. The standard InChI is InChI=1S/C15H23N3O3S2/c1-14(2)10-21-8-7-18(14)12-9-11(16-13(17-12)22-3)15(5-6-15)23(4,19)20/h9H,5-8,10H2,1-4H3. The van der Waals surface area contributed by atoms with E-state index >= 15 is 0 Å². The van der Waals surface area contributed by atoms with Crippen LogP contribution in [-0.4, -0.2) is 56.2 Å². The highest BCUT2D eigenvalue weighted by atomic mass is 32.2. The van der Waals surface area contributed by atoms with Crippen molar-refractivity contribution >= 4 is 27.4 Å². The minimum atomic E-state index is -3.19. The minimum Gasteiger partial charge on any atom is -0.377 e. The highest BCUT2D eigenvalue weighted by Gasteiger charge is 2.55. The van der Waals surface area contributed by atoms with E-state index < -0.39 is 14.6 Å². The molecule has 8 heteroatoms. The van der Waals surface area contributed by atoms with E-state index in [2.05, 4.69) is 28.7 Å². The van der Waals surface area contributed by atoms with E-state index in [1.54, 1.807) is 0 Å². The molecule has 1 saturated carbocycles. The van der Waals surface area contributed by atoms with E-state index in [-0.39, 0.29) is 5.54 Å². The third-order valence-electron chi connectivity index (χ3n) is 4.68. The number of hydrogen-bond donors (Lipinski definition) is 0. The molecule has 0 unspecified atom stereocenters. The zero-order chi connectivity index (χ0) is 16.9. The highest BCUT2D eigenvalue weighted by Crippen LogP contribution is 2.52. The van der Waals surface area contributed by atoms with Gasteiger partial charge in [0.15, 0.2) is 15.0 Å². The molecule has 1 aromatic heterocycles. The Hall–Kier alpha value is -0.860. The summed E-state index contributed by atoms with van der Waals surface area (Å²) in [5, 5.41) is 0.620. The maximum Gasteiger partial charge on any atom is 0.189 e. The smallest absolute Gasteiger partial charge is 0.189 e. The summed E-state index contributed by atoms with van der Waals surface area (Å²) in [6, 6.07) is 1.86. The number of sulfone groups is 1. The summed E-state index contributed by atoms with van der Waals surface area (Å²) in [6.07, 6.45) is 4.50. The molecule has 6 nitrogen and oxygen atoms in total. The predicted molar refractivity (Wildman–Crippen MR) is 91.8 cm³/mol. The molecule has 3 rings (SSSR count). The summed E-state index contributed by atoms with van der Waals surface area (Å²) in [4.78, 5) is 11.3. The van der Waals surface area contributed by atoms with E-state index in [1.165, 1.54) is 18.0 Å². The van der Waals surface area contributed by atoms with Gasteiger partial charge in [-0.1, -0.05) is 11.8 Å². The van der Waals surface area contributed by atoms with Crippen LogP contribution in [0.5, 0.6) is 0 Å². The van der Waals surface area contributed by atoms with Crippen LogP contribution in [0.3, 0.4) is 0 Å². The van der Waals surface area contributed by atoms with Crippen LogP contribution < -0.4 is 4.90 Å². The van der Waals surface area contributed by atoms with Gasteiger partial charge in [-0.2, -0.15) is 0 Å². The van der Waals surface area contributed by atoms with Crippen molar-refractivity contribution in [2.24, 2.45) is 0 Å². The number of morpholine rings is 1. The molecule has 0 aromatic carbocycles. The molecule has 128 valence electrons. The summed E-state index contributed by atoms with van der Waals surface area (Å²) < 4.78 is 29.2. The van der Waals surface area contributed by atoms with Gasteiger partial charge in [0.25, 0.3) is 0 Å². The second-order valence-electron chi connectivity index (χ2n) is 6.88. The van der Waals surface area contributed by atoms with Gasteiger partial charge in [-0.15, -0.1) is 0 Å². The van der Waals surface area contributed by atoms with Gasteiger partial charge in [0.05, 0.1) is 24.4 Å². The molecule has 0 N–H and O–H groups in total. The molecule has 2 heterocycles. The molecule has 1 aliphatic carbocycles. The van der Waals surface area contributed by atoms with E-state index in [1.807, 2.05) is 12.3 Å². The van der Waals surface area contributed by atoms with Gasteiger partial charge in [-0.25, -0.2) is 18.4 Å². The molecule has 2 fully saturated rings. The topological polar surface area (TPSA) is 72.4 Å². The number of aromatic nitrogens is 2. The summed E-state index contributed by atoms with van der Waals surface area (Å²) in [6.45, 7) is 6.22. The zero-order valence-corrected chi connectivity index (χ0v) is 15.6. The molecule has 0 bridgehead atoms. The van der Waals surface area contributed by atoms with Crippen LogP contribution >= 0.6 is 11.8 Å². The molecule has 0 atom stereocenters. The van der Waals surface area contributed by atoms with Gasteiger partial charge in [-0.3, -0.25) is 0 Å². The first-order valence-electron chi connectivity index (χ1n) is 7.68. The zero-order valence-electron chi connectivity index (χ0n) is 14.0.